The van der Waals surface area contributed by atoms with Crippen LogP contribution in [-0.2, 0) is 27.2 Å². The van der Waals surface area contributed by atoms with Gasteiger partial charge in [0, 0.05) is 0 Å². The number of unbranched alkanes of at least 4 members (excludes halogenated alkanes) is 6. The van der Waals surface area contributed by atoms with E-state index in [0.29, 0.717) is 5.92 Å². The Bertz CT molecular complexity index is 1280. The first kappa shape index (κ1) is 33.7. The maximum Gasteiger partial charge on any atom is 0.318 e. The van der Waals surface area contributed by atoms with Gasteiger partial charge in [0.05, 0.1) is 11.8 Å². The first-order valence-electron chi connectivity index (χ1n) is 17.4. The summed E-state index contributed by atoms with van der Waals surface area (Å²) in [4.78, 5) is 25.6. The fourth-order valence-corrected chi connectivity index (χ4v) is 7.03. The zero-order chi connectivity index (χ0) is 31.3. The van der Waals surface area contributed by atoms with E-state index in [2.05, 4.69) is 81.4 Å². The lowest BCUT2D eigenvalue weighted by atomic mass is 9.72. The van der Waals surface area contributed by atoms with Gasteiger partial charge in [-0.05, 0) is 84.1 Å². The normalized spacial score (nSPS) is 18.6. The molecule has 236 valence electrons. The van der Waals surface area contributed by atoms with Crippen molar-refractivity contribution < 1.29 is 14.3 Å². The minimum atomic E-state index is -0.465. The van der Waals surface area contributed by atoms with Crippen molar-refractivity contribution in [1.82, 2.24) is 0 Å². The van der Waals surface area contributed by atoms with Gasteiger partial charge in [-0.2, -0.15) is 0 Å². The van der Waals surface area contributed by atoms with Crippen molar-refractivity contribution in [2.75, 3.05) is 0 Å². The number of benzene rings is 3. The number of carbonyl (C=O) groups is 2. The highest BCUT2D eigenvalue weighted by Gasteiger charge is 2.46. The second-order valence-electron chi connectivity index (χ2n) is 13.2. The Morgan fingerprint density at radius 3 is 1.66 bits per heavy atom. The number of cyclic esters (lactones) is 2. The molecule has 5 atom stereocenters. The van der Waals surface area contributed by atoms with Gasteiger partial charge in [-0.15, -0.1) is 0 Å². The Labute approximate surface area is 266 Å². The van der Waals surface area contributed by atoms with Crippen LogP contribution >= 0.6 is 0 Å². The summed E-state index contributed by atoms with van der Waals surface area (Å²) in [5.74, 6) is -1.19. The van der Waals surface area contributed by atoms with Gasteiger partial charge >= 0.3 is 11.9 Å². The van der Waals surface area contributed by atoms with Gasteiger partial charge in [-0.1, -0.05) is 145 Å². The average molecular weight is 595 g/mol. The molecule has 5 unspecified atom stereocenters. The molecular weight excluding hydrogens is 540 g/mol. The SMILES string of the molecule is CCCCCCc1ccc(C(C)CC(CC(c2ccccc2)C2C(=O)OC(=O)C2C)c2ccc(CCCCCC)cc2)cc1. The fraction of sp³-hybridized carbons (Fsp3) is 0.512. The molecule has 0 saturated carbocycles. The second-order valence-corrected chi connectivity index (χ2v) is 13.2. The molecule has 1 fully saturated rings. The quantitative estimate of drug-likeness (QED) is 0.0836. The topological polar surface area (TPSA) is 43.4 Å². The van der Waals surface area contributed by atoms with Gasteiger partial charge in [0.2, 0.25) is 0 Å². The van der Waals surface area contributed by atoms with Gasteiger partial charge in [-0.3, -0.25) is 9.59 Å². The van der Waals surface area contributed by atoms with Gasteiger partial charge in [-0.25, -0.2) is 0 Å². The molecule has 3 heteroatoms. The van der Waals surface area contributed by atoms with E-state index < -0.39 is 17.8 Å². The first-order chi connectivity index (χ1) is 21.4. The van der Waals surface area contributed by atoms with Crippen LogP contribution in [-0.4, -0.2) is 11.9 Å². The van der Waals surface area contributed by atoms with E-state index in [9.17, 15) is 9.59 Å². The van der Waals surface area contributed by atoms with Crippen LogP contribution < -0.4 is 0 Å². The molecular formula is C41H54O3. The van der Waals surface area contributed by atoms with E-state index in [-0.39, 0.29) is 17.8 Å². The third-order valence-electron chi connectivity index (χ3n) is 9.86. The van der Waals surface area contributed by atoms with Gasteiger partial charge < -0.3 is 4.74 Å². The molecule has 3 aromatic carbocycles. The van der Waals surface area contributed by atoms with Gasteiger partial charge in [0.25, 0.3) is 0 Å². The lowest BCUT2D eigenvalue weighted by molar-refractivity contribution is -0.153. The molecule has 4 rings (SSSR count). The van der Waals surface area contributed by atoms with E-state index in [0.717, 1.165) is 31.2 Å². The summed E-state index contributed by atoms with van der Waals surface area (Å²) in [5.41, 5.74) is 6.59. The molecule has 0 radical (unpaired) electrons. The van der Waals surface area contributed by atoms with Crippen molar-refractivity contribution in [1.29, 1.82) is 0 Å². The Morgan fingerprint density at radius 1 is 0.614 bits per heavy atom. The highest BCUT2D eigenvalue weighted by atomic mass is 16.6. The highest BCUT2D eigenvalue weighted by Crippen LogP contribution is 2.44. The summed E-state index contributed by atoms with van der Waals surface area (Å²) >= 11 is 0. The summed E-state index contributed by atoms with van der Waals surface area (Å²) in [7, 11) is 0. The van der Waals surface area contributed by atoms with Crippen molar-refractivity contribution in [3.05, 3.63) is 107 Å². The standard InChI is InChI=1S/C41H54O3/c1-5-7-9-12-16-32-20-24-34(25-21-32)30(3)28-37(35-26-22-33(23-27-35)17-13-10-8-6-2)29-38(36-18-14-11-15-19-36)39-31(4)40(42)44-41(39)43/h11,14-15,18-27,30-31,37-39H,5-10,12-13,16-17,28-29H2,1-4H3. The van der Waals surface area contributed by atoms with Crippen LogP contribution in [0.25, 0.3) is 0 Å². The summed E-state index contributed by atoms with van der Waals surface area (Å²) in [6.45, 7) is 8.69. The lowest BCUT2D eigenvalue weighted by Gasteiger charge is -2.30. The van der Waals surface area contributed by atoms with Crippen LogP contribution in [0.1, 0.15) is 137 Å². The van der Waals surface area contributed by atoms with Crippen LogP contribution in [0.5, 0.6) is 0 Å². The van der Waals surface area contributed by atoms with Crippen LogP contribution in [0, 0.1) is 11.8 Å². The zero-order valence-electron chi connectivity index (χ0n) is 27.6. The molecule has 1 heterocycles. The number of esters is 2. The maximum atomic E-state index is 13.1. The van der Waals surface area contributed by atoms with Crippen LogP contribution in [0.2, 0.25) is 0 Å². The predicted octanol–water partition coefficient (Wildman–Crippen LogP) is 10.7. The monoisotopic (exact) mass is 594 g/mol. The Hall–Kier alpha value is -3.20. The van der Waals surface area contributed by atoms with E-state index in [1.165, 1.54) is 73.6 Å². The molecule has 0 bridgehead atoms. The molecule has 0 aromatic heterocycles. The average Bonchev–Trinajstić information content (AvgIpc) is 3.30. The number of ether oxygens (including phenoxy) is 1. The molecule has 3 nitrogen and oxygen atoms in total. The minimum Gasteiger partial charge on any atom is -0.393 e. The minimum absolute atomic E-state index is 0.0958. The molecule has 1 saturated heterocycles. The zero-order valence-corrected chi connectivity index (χ0v) is 27.6. The number of rotatable bonds is 18. The summed E-state index contributed by atoms with van der Waals surface area (Å²) < 4.78 is 5.17. The van der Waals surface area contributed by atoms with Crippen LogP contribution in [0.3, 0.4) is 0 Å². The Balaban J connectivity index is 1.58. The molecule has 1 aliphatic heterocycles. The van der Waals surface area contributed by atoms with Gasteiger partial charge in [0.15, 0.2) is 0 Å². The molecule has 0 N–H and O–H groups in total. The molecule has 0 amide bonds. The Morgan fingerprint density at radius 2 is 1.16 bits per heavy atom. The van der Waals surface area contributed by atoms with Crippen LogP contribution in [0.15, 0.2) is 78.9 Å². The highest BCUT2D eigenvalue weighted by molar-refractivity contribution is 5.96. The van der Waals surface area contributed by atoms with Crippen molar-refractivity contribution in [3.63, 3.8) is 0 Å². The number of hydrogen-bond acceptors (Lipinski definition) is 3. The van der Waals surface area contributed by atoms with Gasteiger partial charge in [0.1, 0.15) is 0 Å². The molecule has 44 heavy (non-hydrogen) atoms. The largest absolute Gasteiger partial charge is 0.393 e. The van der Waals surface area contributed by atoms with Crippen molar-refractivity contribution in [3.8, 4) is 0 Å². The summed E-state index contributed by atoms with van der Waals surface area (Å²) in [5, 5.41) is 0. The number of hydrogen-bond donors (Lipinski definition) is 0. The van der Waals surface area contributed by atoms with E-state index in [4.69, 9.17) is 4.74 Å². The Kier molecular flexibility index (Phi) is 13.3. The molecule has 0 aliphatic carbocycles. The first-order valence-corrected chi connectivity index (χ1v) is 17.4. The number of carbonyl (C=O) groups excluding carboxylic acids is 2. The van der Waals surface area contributed by atoms with E-state index in [1.807, 2.05) is 25.1 Å². The van der Waals surface area contributed by atoms with Crippen molar-refractivity contribution >= 4 is 11.9 Å². The molecule has 0 spiro atoms. The third kappa shape index (κ3) is 9.40. The summed E-state index contributed by atoms with van der Waals surface area (Å²) in [6.07, 6.45) is 14.2. The second kappa shape index (κ2) is 17.3. The maximum absolute atomic E-state index is 13.1. The van der Waals surface area contributed by atoms with Crippen molar-refractivity contribution in [2.45, 2.75) is 122 Å². The fourth-order valence-electron chi connectivity index (χ4n) is 7.03. The van der Waals surface area contributed by atoms with E-state index >= 15 is 0 Å². The van der Waals surface area contributed by atoms with Crippen molar-refractivity contribution in [2.24, 2.45) is 11.8 Å². The number of aryl methyl sites for hydroxylation is 2. The van der Waals surface area contributed by atoms with E-state index in [1.54, 1.807) is 0 Å². The molecule has 3 aromatic rings. The third-order valence-corrected chi connectivity index (χ3v) is 9.86. The summed E-state index contributed by atoms with van der Waals surface area (Å²) in [6, 6.07) is 28.8. The molecule has 1 aliphatic rings. The van der Waals surface area contributed by atoms with Crippen LogP contribution in [0.4, 0.5) is 0 Å². The smallest absolute Gasteiger partial charge is 0.318 e. The predicted molar refractivity (Wildman–Crippen MR) is 182 cm³/mol. The lowest BCUT2D eigenvalue weighted by Crippen LogP contribution is -2.25.